The Balaban J connectivity index is 2.57. The second-order valence-corrected chi connectivity index (χ2v) is 4.19. The van der Waals surface area contributed by atoms with Crippen molar-refractivity contribution in [3.8, 4) is 0 Å². The summed E-state index contributed by atoms with van der Waals surface area (Å²) >= 11 is 3.46. The molecular formula is C11H16BrNO. The molecule has 1 aromatic carbocycles. The number of halogens is 1. The maximum absolute atomic E-state index is 5.12. The molecule has 0 heterocycles. The molecule has 2 nitrogen and oxygen atoms in total. The number of likely N-dealkylation sites (N-methyl/N-ethyl adjacent to an activating group) is 1. The largest absolute Gasteiger partial charge is 0.383 e. The van der Waals surface area contributed by atoms with E-state index in [9.17, 15) is 0 Å². The molecule has 78 valence electrons. The number of ether oxygens (including phenoxy) is 1. The van der Waals surface area contributed by atoms with Gasteiger partial charge >= 0.3 is 0 Å². The molecule has 0 saturated carbocycles. The monoisotopic (exact) mass is 257 g/mol. The van der Waals surface area contributed by atoms with Crippen LogP contribution in [0.4, 0.5) is 0 Å². The van der Waals surface area contributed by atoms with Crippen molar-refractivity contribution < 1.29 is 4.74 Å². The average molecular weight is 258 g/mol. The van der Waals surface area contributed by atoms with Gasteiger partial charge in [0.2, 0.25) is 0 Å². The second-order valence-electron chi connectivity index (χ2n) is 3.27. The van der Waals surface area contributed by atoms with Gasteiger partial charge in [0.25, 0.3) is 0 Å². The number of hydrogen-bond donors (Lipinski definition) is 1. The Morgan fingerprint density at radius 2 is 2.29 bits per heavy atom. The molecule has 0 amide bonds. The van der Waals surface area contributed by atoms with Crippen molar-refractivity contribution in [1.82, 2.24) is 5.32 Å². The highest BCUT2D eigenvalue weighted by Gasteiger charge is 2.06. The van der Waals surface area contributed by atoms with Gasteiger partial charge in [-0.2, -0.15) is 0 Å². The highest BCUT2D eigenvalue weighted by molar-refractivity contribution is 9.10. The van der Waals surface area contributed by atoms with Gasteiger partial charge in [0.1, 0.15) is 0 Å². The van der Waals surface area contributed by atoms with Crippen LogP contribution in [0.25, 0.3) is 0 Å². The summed E-state index contributed by atoms with van der Waals surface area (Å²) in [5, 5.41) is 3.23. The van der Waals surface area contributed by atoms with Crippen molar-refractivity contribution >= 4 is 15.9 Å². The summed E-state index contributed by atoms with van der Waals surface area (Å²) in [4.78, 5) is 0. The summed E-state index contributed by atoms with van der Waals surface area (Å²) < 4.78 is 6.25. The highest BCUT2D eigenvalue weighted by Crippen LogP contribution is 2.13. The van der Waals surface area contributed by atoms with Crippen LogP contribution in [0.3, 0.4) is 0 Å². The van der Waals surface area contributed by atoms with Crippen LogP contribution >= 0.6 is 15.9 Å². The molecule has 3 heteroatoms. The summed E-state index contributed by atoms with van der Waals surface area (Å²) in [6.45, 7) is 0.739. The number of methoxy groups -OCH3 is 1. The first-order valence-corrected chi connectivity index (χ1v) is 5.46. The molecule has 0 radical (unpaired) electrons. The summed E-state index contributed by atoms with van der Waals surface area (Å²) in [7, 11) is 3.69. The number of rotatable bonds is 5. The van der Waals surface area contributed by atoms with Crippen molar-refractivity contribution in [2.24, 2.45) is 0 Å². The van der Waals surface area contributed by atoms with Gasteiger partial charge in [-0.15, -0.1) is 0 Å². The van der Waals surface area contributed by atoms with E-state index in [0.717, 1.165) is 17.5 Å². The molecule has 0 saturated heterocycles. The molecule has 1 unspecified atom stereocenters. The molecule has 14 heavy (non-hydrogen) atoms. The van der Waals surface area contributed by atoms with Gasteiger partial charge in [-0.25, -0.2) is 0 Å². The number of benzene rings is 1. The fourth-order valence-corrected chi connectivity index (χ4v) is 1.84. The molecule has 0 bridgehead atoms. The first-order chi connectivity index (χ1) is 6.76. The summed E-state index contributed by atoms with van der Waals surface area (Å²) in [5.41, 5.74) is 1.32. The highest BCUT2D eigenvalue weighted by atomic mass is 79.9. The van der Waals surface area contributed by atoms with Gasteiger partial charge in [-0.05, 0) is 31.2 Å². The zero-order valence-corrected chi connectivity index (χ0v) is 10.2. The molecule has 1 aromatic rings. The van der Waals surface area contributed by atoms with Crippen LogP contribution in [0.1, 0.15) is 5.56 Å². The van der Waals surface area contributed by atoms with E-state index in [4.69, 9.17) is 4.74 Å². The standard InChI is InChI=1S/C11H16BrNO/c1-13-11(8-14-2)7-9-4-3-5-10(12)6-9/h3-6,11,13H,7-8H2,1-2H3. The SMILES string of the molecule is CNC(COC)Cc1cccc(Br)c1. The first-order valence-electron chi connectivity index (χ1n) is 4.67. The molecule has 1 N–H and O–H groups in total. The van der Waals surface area contributed by atoms with Crippen LogP contribution in [-0.2, 0) is 11.2 Å². The number of hydrogen-bond acceptors (Lipinski definition) is 2. The Kier molecular flexibility index (Phi) is 5.15. The van der Waals surface area contributed by atoms with Gasteiger partial charge in [0, 0.05) is 17.6 Å². The quantitative estimate of drug-likeness (QED) is 0.874. The van der Waals surface area contributed by atoms with Crippen LogP contribution in [0.15, 0.2) is 28.7 Å². The Labute approximate surface area is 93.8 Å². The predicted molar refractivity (Wildman–Crippen MR) is 62.6 cm³/mol. The molecule has 0 aliphatic heterocycles. The molecular weight excluding hydrogens is 242 g/mol. The van der Waals surface area contributed by atoms with Gasteiger partial charge in [0.05, 0.1) is 6.61 Å². The van der Waals surface area contributed by atoms with E-state index in [1.165, 1.54) is 5.56 Å². The minimum Gasteiger partial charge on any atom is -0.383 e. The van der Waals surface area contributed by atoms with E-state index in [1.54, 1.807) is 7.11 Å². The molecule has 0 spiro atoms. The van der Waals surface area contributed by atoms with Crippen molar-refractivity contribution in [2.75, 3.05) is 20.8 Å². The lowest BCUT2D eigenvalue weighted by atomic mass is 10.1. The van der Waals surface area contributed by atoms with E-state index in [0.29, 0.717) is 6.04 Å². The van der Waals surface area contributed by atoms with E-state index >= 15 is 0 Å². The summed E-state index contributed by atoms with van der Waals surface area (Å²) in [6, 6.07) is 8.74. The molecule has 0 aliphatic carbocycles. The lowest BCUT2D eigenvalue weighted by Crippen LogP contribution is -2.32. The summed E-state index contributed by atoms with van der Waals surface area (Å²) in [5.74, 6) is 0. The molecule has 1 rings (SSSR count). The third-order valence-electron chi connectivity index (χ3n) is 2.15. The topological polar surface area (TPSA) is 21.3 Å². The fraction of sp³-hybridized carbons (Fsp3) is 0.455. The Hall–Kier alpha value is -0.380. The van der Waals surface area contributed by atoms with E-state index < -0.39 is 0 Å². The minimum atomic E-state index is 0.384. The Morgan fingerprint density at radius 1 is 1.50 bits per heavy atom. The van der Waals surface area contributed by atoms with Crippen molar-refractivity contribution in [3.05, 3.63) is 34.3 Å². The van der Waals surface area contributed by atoms with Crippen molar-refractivity contribution in [3.63, 3.8) is 0 Å². The van der Waals surface area contributed by atoms with E-state index in [-0.39, 0.29) is 0 Å². The summed E-state index contributed by atoms with van der Waals surface area (Å²) in [6.07, 6.45) is 0.990. The predicted octanol–water partition coefficient (Wildman–Crippen LogP) is 2.23. The maximum Gasteiger partial charge on any atom is 0.0618 e. The molecule has 0 fully saturated rings. The van der Waals surface area contributed by atoms with Crippen molar-refractivity contribution in [2.45, 2.75) is 12.5 Å². The fourth-order valence-electron chi connectivity index (χ4n) is 1.39. The zero-order valence-electron chi connectivity index (χ0n) is 8.59. The molecule has 0 aliphatic rings. The molecule has 0 aromatic heterocycles. The smallest absolute Gasteiger partial charge is 0.0618 e. The van der Waals surface area contributed by atoms with Gasteiger partial charge < -0.3 is 10.1 Å². The first kappa shape index (κ1) is 11.7. The average Bonchev–Trinajstić information content (AvgIpc) is 2.17. The maximum atomic E-state index is 5.12. The second kappa shape index (κ2) is 6.17. The minimum absolute atomic E-state index is 0.384. The van der Waals surface area contributed by atoms with Crippen LogP contribution in [0.2, 0.25) is 0 Å². The third-order valence-corrected chi connectivity index (χ3v) is 2.64. The van der Waals surface area contributed by atoms with E-state index in [1.807, 2.05) is 13.1 Å². The van der Waals surface area contributed by atoms with Crippen LogP contribution in [0, 0.1) is 0 Å². The van der Waals surface area contributed by atoms with Gasteiger partial charge in [-0.1, -0.05) is 28.1 Å². The lowest BCUT2D eigenvalue weighted by Gasteiger charge is -2.14. The van der Waals surface area contributed by atoms with Crippen LogP contribution in [-0.4, -0.2) is 26.8 Å². The lowest BCUT2D eigenvalue weighted by molar-refractivity contribution is 0.169. The zero-order chi connectivity index (χ0) is 10.4. The Bertz CT molecular complexity index is 278. The van der Waals surface area contributed by atoms with Crippen LogP contribution < -0.4 is 5.32 Å². The normalized spacial score (nSPS) is 12.8. The molecule has 1 atom stereocenters. The van der Waals surface area contributed by atoms with Crippen LogP contribution in [0.5, 0.6) is 0 Å². The van der Waals surface area contributed by atoms with Crippen molar-refractivity contribution in [1.29, 1.82) is 0 Å². The number of nitrogens with one attached hydrogen (secondary N) is 1. The van der Waals surface area contributed by atoms with Gasteiger partial charge in [0.15, 0.2) is 0 Å². The van der Waals surface area contributed by atoms with E-state index in [2.05, 4.69) is 39.4 Å². The van der Waals surface area contributed by atoms with Gasteiger partial charge in [-0.3, -0.25) is 0 Å². The Morgan fingerprint density at radius 3 is 2.86 bits per heavy atom. The third kappa shape index (κ3) is 3.78.